The number of hydrogen-bond acceptors (Lipinski definition) is 4. The van der Waals surface area contributed by atoms with E-state index in [-0.39, 0.29) is 5.57 Å². The van der Waals surface area contributed by atoms with Gasteiger partial charge in [-0.25, -0.2) is 9.18 Å². The predicted molar refractivity (Wildman–Crippen MR) is 95.6 cm³/mol. The van der Waals surface area contributed by atoms with E-state index >= 15 is 4.39 Å². The summed E-state index contributed by atoms with van der Waals surface area (Å²) in [5.74, 6) is -2.47. The molecule has 0 N–H and O–H groups in total. The summed E-state index contributed by atoms with van der Waals surface area (Å²) < 4.78 is 25.7. The van der Waals surface area contributed by atoms with Crippen LogP contribution in [0.25, 0.3) is 5.57 Å². The van der Waals surface area contributed by atoms with Crippen molar-refractivity contribution in [3.63, 3.8) is 0 Å². The molecule has 4 nitrogen and oxygen atoms in total. The average molecular weight is 354 g/mol. The molecule has 2 aromatic rings. The van der Waals surface area contributed by atoms with E-state index in [4.69, 9.17) is 4.74 Å². The molecule has 3 rings (SSSR count). The van der Waals surface area contributed by atoms with E-state index in [9.17, 15) is 9.59 Å². The zero-order valence-electron chi connectivity index (χ0n) is 14.8. The van der Waals surface area contributed by atoms with Gasteiger partial charge >= 0.3 is 5.97 Å². The van der Waals surface area contributed by atoms with Crippen LogP contribution in [0.15, 0.2) is 60.2 Å². The zero-order valence-corrected chi connectivity index (χ0v) is 14.8. The zero-order chi connectivity index (χ0) is 18.9. The maximum atomic E-state index is 15.9. The van der Waals surface area contributed by atoms with Crippen molar-refractivity contribution in [2.24, 2.45) is 0 Å². The number of ether oxygens (including phenoxy) is 2. The lowest BCUT2D eigenvalue weighted by molar-refractivity contribution is -0.158. The lowest BCUT2D eigenvalue weighted by atomic mass is 9.80. The summed E-state index contributed by atoms with van der Waals surface area (Å²) in [6.07, 6.45) is 0. The van der Waals surface area contributed by atoms with Gasteiger partial charge in [0.05, 0.1) is 20.1 Å². The number of allylic oxidation sites excluding steroid dienone is 2. The molecule has 0 saturated carbocycles. The highest BCUT2D eigenvalue weighted by molar-refractivity contribution is 6.24. The van der Waals surface area contributed by atoms with Gasteiger partial charge in [0.15, 0.2) is 0 Å². The summed E-state index contributed by atoms with van der Waals surface area (Å²) >= 11 is 0. The first-order valence-electron chi connectivity index (χ1n) is 8.17. The number of esters is 1. The molecule has 0 saturated heterocycles. The van der Waals surface area contributed by atoms with Crippen molar-refractivity contribution in [3.8, 4) is 5.75 Å². The number of alkyl halides is 1. The molecule has 26 heavy (non-hydrogen) atoms. The third-order valence-electron chi connectivity index (χ3n) is 4.78. The topological polar surface area (TPSA) is 52.6 Å². The van der Waals surface area contributed by atoms with Gasteiger partial charge in [-0.3, -0.25) is 4.79 Å². The van der Waals surface area contributed by atoms with Gasteiger partial charge in [0.2, 0.25) is 5.78 Å². The number of Topliss-reactive ketones (excluding diaryl/α,β-unsaturated/α-hetero) is 1. The summed E-state index contributed by atoms with van der Waals surface area (Å²) in [7, 11) is 2.63. The Labute approximate surface area is 151 Å². The van der Waals surface area contributed by atoms with E-state index in [1.165, 1.54) is 0 Å². The van der Waals surface area contributed by atoms with E-state index < -0.39 is 23.3 Å². The molecular weight excluding hydrogens is 335 g/mol. The van der Waals surface area contributed by atoms with Crippen molar-refractivity contribution in [1.29, 1.82) is 0 Å². The number of carbonyl (C=O) groups is 2. The third-order valence-corrected chi connectivity index (χ3v) is 4.78. The molecule has 0 heterocycles. The molecule has 0 bridgehead atoms. The molecule has 2 aromatic carbocycles. The first-order chi connectivity index (χ1) is 12.4. The minimum Gasteiger partial charge on any atom is -0.497 e. The summed E-state index contributed by atoms with van der Waals surface area (Å²) in [6, 6.07) is 15.7. The lowest BCUT2D eigenvalue weighted by Crippen LogP contribution is -2.45. The van der Waals surface area contributed by atoms with Gasteiger partial charge < -0.3 is 9.47 Å². The Morgan fingerprint density at radius 3 is 2.19 bits per heavy atom. The highest BCUT2D eigenvalue weighted by Gasteiger charge is 2.61. The third kappa shape index (κ3) is 2.60. The number of methoxy groups -OCH3 is 2. The van der Waals surface area contributed by atoms with Gasteiger partial charge in [-0.15, -0.1) is 0 Å². The largest absolute Gasteiger partial charge is 0.497 e. The molecule has 1 aliphatic carbocycles. The van der Waals surface area contributed by atoms with Gasteiger partial charge in [-0.05, 0) is 35.8 Å². The first kappa shape index (κ1) is 17.9. The Bertz CT molecular complexity index is 871. The second-order valence-corrected chi connectivity index (χ2v) is 6.14. The number of rotatable bonds is 4. The van der Waals surface area contributed by atoms with Crippen molar-refractivity contribution in [2.45, 2.75) is 18.5 Å². The molecule has 0 unspecified atom stereocenters. The molecule has 0 spiro atoms. The lowest BCUT2D eigenvalue weighted by Gasteiger charge is -2.26. The molecule has 5 heteroatoms. The fourth-order valence-electron chi connectivity index (χ4n) is 3.50. The van der Waals surface area contributed by atoms with E-state index in [0.29, 0.717) is 22.4 Å². The molecule has 0 radical (unpaired) electrons. The molecule has 134 valence electrons. The van der Waals surface area contributed by atoms with E-state index in [2.05, 4.69) is 4.74 Å². The van der Waals surface area contributed by atoms with Crippen molar-refractivity contribution in [2.75, 3.05) is 14.2 Å². The minimum absolute atomic E-state index is 0.219. The smallest absolute Gasteiger partial charge is 0.352 e. The number of hydrogen-bond donors (Lipinski definition) is 0. The quantitative estimate of drug-likeness (QED) is 0.620. The number of ketones is 1. The molecule has 1 aliphatic rings. The normalized spacial score (nSPS) is 22.5. The van der Waals surface area contributed by atoms with Crippen molar-refractivity contribution >= 4 is 17.3 Å². The van der Waals surface area contributed by atoms with Crippen molar-refractivity contribution in [1.82, 2.24) is 0 Å². The Hall–Kier alpha value is -2.95. The number of carbonyl (C=O) groups excluding carboxylic acids is 2. The Morgan fingerprint density at radius 1 is 1.04 bits per heavy atom. The summed E-state index contributed by atoms with van der Waals surface area (Å²) in [4.78, 5) is 25.0. The van der Waals surface area contributed by atoms with Crippen molar-refractivity contribution < 1.29 is 23.5 Å². The van der Waals surface area contributed by atoms with E-state index in [0.717, 1.165) is 7.11 Å². The maximum Gasteiger partial charge on any atom is 0.352 e. The standard InChI is InChI=1S/C21H19FO4/c1-13-17(14-9-11-16(25-2)12-10-14)18(15-7-5-4-6-8-15)21(22,19(13)23)20(24)26-3/h4-12,18H,1-3H3/t18-,21+/m0/s1. The van der Waals surface area contributed by atoms with Crippen LogP contribution in [0.2, 0.25) is 0 Å². The average Bonchev–Trinajstić information content (AvgIpc) is 2.90. The van der Waals surface area contributed by atoms with Gasteiger partial charge in [-0.1, -0.05) is 42.5 Å². The SMILES string of the molecule is COC(=O)[C@]1(F)C(=O)C(C)=C(c2ccc(OC)cc2)[C@@H]1c1ccccc1. The van der Waals surface area contributed by atoms with Crippen LogP contribution in [0.4, 0.5) is 4.39 Å². The van der Waals surface area contributed by atoms with Crippen LogP contribution in [0, 0.1) is 0 Å². The summed E-state index contributed by atoms with van der Waals surface area (Å²) in [6.45, 7) is 1.54. The van der Waals surface area contributed by atoms with Gasteiger partial charge in [0.25, 0.3) is 5.67 Å². The maximum absolute atomic E-state index is 15.9. The van der Waals surface area contributed by atoms with Gasteiger partial charge in [0, 0.05) is 5.57 Å². The monoisotopic (exact) mass is 354 g/mol. The second-order valence-electron chi connectivity index (χ2n) is 6.14. The highest BCUT2D eigenvalue weighted by Crippen LogP contribution is 2.51. The van der Waals surface area contributed by atoms with Gasteiger partial charge in [0.1, 0.15) is 5.75 Å². The number of halogens is 1. The van der Waals surface area contributed by atoms with Crippen LogP contribution in [0.1, 0.15) is 24.0 Å². The highest BCUT2D eigenvalue weighted by atomic mass is 19.1. The molecule has 0 fully saturated rings. The molecule has 0 aliphatic heterocycles. The molecule has 0 amide bonds. The Morgan fingerprint density at radius 2 is 1.65 bits per heavy atom. The fourth-order valence-corrected chi connectivity index (χ4v) is 3.50. The molecular formula is C21H19FO4. The van der Waals surface area contributed by atoms with Crippen LogP contribution in [0.3, 0.4) is 0 Å². The van der Waals surface area contributed by atoms with Gasteiger partial charge in [-0.2, -0.15) is 0 Å². The van der Waals surface area contributed by atoms with Crippen molar-refractivity contribution in [3.05, 3.63) is 71.3 Å². The van der Waals surface area contributed by atoms with E-state index in [1.54, 1.807) is 68.6 Å². The Balaban J connectivity index is 2.22. The van der Waals surface area contributed by atoms with Crippen LogP contribution in [0.5, 0.6) is 5.75 Å². The van der Waals surface area contributed by atoms with Crippen LogP contribution in [-0.2, 0) is 14.3 Å². The predicted octanol–water partition coefficient (Wildman–Crippen LogP) is 3.72. The summed E-state index contributed by atoms with van der Waals surface area (Å²) in [5.41, 5.74) is -0.880. The van der Waals surface area contributed by atoms with E-state index in [1.807, 2.05) is 0 Å². The van der Waals surface area contributed by atoms with Crippen LogP contribution in [-0.4, -0.2) is 31.6 Å². The number of benzene rings is 2. The first-order valence-corrected chi connectivity index (χ1v) is 8.17. The van der Waals surface area contributed by atoms with Crippen LogP contribution < -0.4 is 4.74 Å². The Kier molecular flexibility index (Phi) is 4.64. The second kappa shape index (κ2) is 6.75. The molecule has 2 atom stereocenters. The minimum atomic E-state index is -2.78. The fraction of sp³-hybridized carbons (Fsp3) is 0.238. The van der Waals surface area contributed by atoms with Crippen LogP contribution >= 0.6 is 0 Å². The molecule has 0 aromatic heterocycles. The summed E-state index contributed by atoms with van der Waals surface area (Å²) in [5, 5.41) is 0.